The van der Waals surface area contributed by atoms with Crippen molar-refractivity contribution >= 4 is 11.6 Å². The molecule has 0 N–H and O–H groups in total. The van der Waals surface area contributed by atoms with Crippen LogP contribution in [0.25, 0.3) is 11.3 Å². The number of aromatic nitrogens is 3. The monoisotopic (exact) mass is 265 g/mol. The van der Waals surface area contributed by atoms with E-state index in [2.05, 4.69) is 15.0 Å². The lowest BCUT2D eigenvalue weighted by atomic mass is 10.1. The Morgan fingerprint density at radius 3 is 2.61 bits per heavy atom. The number of rotatable bonds is 2. The molecule has 94 valence electrons. The van der Waals surface area contributed by atoms with Gasteiger partial charge < -0.3 is 0 Å². The van der Waals surface area contributed by atoms with Crippen molar-refractivity contribution in [1.29, 1.82) is 0 Å². The maximum Gasteiger partial charge on any atom is 0.150 e. The fourth-order valence-corrected chi connectivity index (χ4v) is 1.77. The molecule has 3 nitrogen and oxygen atoms in total. The van der Waals surface area contributed by atoms with Crippen molar-refractivity contribution in [3.8, 4) is 11.3 Å². The Balaban J connectivity index is 2.67. The predicted octanol–water partition coefficient (Wildman–Crippen LogP) is 3.76. The normalized spacial score (nSPS) is 11.0. The van der Waals surface area contributed by atoms with Crippen LogP contribution >= 0.6 is 11.6 Å². The Hall–Kier alpha value is -1.55. The van der Waals surface area contributed by atoms with Gasteiger partial charge in [-0.1, -0.05) is 25.4 Å². The molecule has 2 rings (SSSR count). The van der Waals surface area contributed by atoms with Crippen molar-refractivity contribution in [2.45, 2.75) is 26.7 Å². The largest absolute Gasteiger partial charge is 0.262 e. The molecule has 2 heterocycles. The van der Waals surface area contributed by atoms with Gasteiger partial charge in [-0.05, 0) is 13.0 Å². The highest BCUT2D eigenvalue weighted by Crippen LogP contribution is 2.28. The summed E-state index contributed by atoms with van der Waals surface area (Å²) in [7, 11) is 0. The van der Waals surface area contributed by atoms with Gasteiger partial charge >= 0.3 is 0 Å². The molecule has 0 radical (unpaired) electrons. The summed E-state index contributed by atoms with van der Waals surface area (Å²) < 4.78 is 13.8. The van der Waals surface area contributed by atoms with E-state index in [-0.39, 0.29) is 5.92 Å². The van der Waals surface area contributed by atoms with Crippen molar-refractivity contribution < 1.29 is 4.39 Å². The number of pyridine rings is 1. The van der Waals surface area contributed by atoms with Crippen molar-refractivity contribution in [1.82, 2.24) is 15.0 Å². The number of halogens is 2. The Morgan fingerprint density at radius 2 is 2.00 bits per heavy atom. The van der Waals surface area contributed by atoms with Gasteiger partial charge in [0.05, 0.1) is 11.9 Å². The maximum atomic E-state index is 13.8. The Kier molecular flexibility index (Phi) is 3.57. The van der Waals surface area contributed by atoms with Gasteiger partial charge in [-0.2, -0.15) is 0 Å². The second-order valence-electron chi connectivity index (χ2n) is 4.36. The highest BCUT2D eigenvalue weighted by molar-refractivity contribution is 6.30. The van der Waals surface area contributed by atoms with Crippen LogP contribution in [-0.4, -0.2) is 15.0 Å². The Bertz CT molecular complexity index is 584. The molecular weight excluding hydrogens is 253 g/mol. The molecule has 0 saturated heterocycles. The number of hydrogen-bond acceptors (Lipinski definition) is 3. The molecule has 0 aliphatic carbocycles. The molecule has 18 heavy (non-hydrogen) atoms. The van der Waals surface area contributed by atoms with Crippen LogP contribution in [0.3, 0.4) is 0 Å². The Morgan fingerprint density at radius 1 is 1.28 bits per heavy atom. The summed E-state index contributed by atoms with van der Waals surface area (Å²) >= 11 is 6.08. The summed E-state index contributed by atoms with van der Waals surface area (Å²) in [6, 6.07) is 1.59. The second-order valence-corrected chi connectivity index (χ2v) is 4.71. The number of hydrogen-bond donors (Lipinski definition) is 0. The summed E-state index contributed by atoms with van der Waals surface area (Å²) in [5.74, 6) is 0.327. The predicted molar refractivity (Wildman–Crippen MR) is 69.1 cm³/mol. The highest BCUT2D eigenvalue weighted by Gasteiger charge is 2.15. The molecule has 0 aromatic carbocycles. The van der Waals surface area contributed by atoms with E-state index < -0.39 is 5.82 Å². The van der Waals surface area contributed by atoms with Crippen molar-refractivity contribution in [3.63, 3.8) is 0 Å². The average molecular weight is 266 g/mol. The second kappa shape index (κ2) is 4.98. The number of nitrogens with zero attached hydrogens (tertiary/aromatic N) is 3. The topological polar surface area (TPSA) is 38.7 Å². The van der Waals surface area contributed by atoms with Gasteiger partial charge in [0, 0.05) is 23.2 Å². The van der Waals surface area contributed by atoms with E-state index >= 15 is 0 Å². The molecule has 2 aromatic rings. The first-order valence-electron chi connectivity index (χ1n) is 5.64. The van der Waals surface area contributed by atoms with Gasteiger partial charge in [0.2, 0.25) is 0 Å². The maximum absolute atomic E-state index is 13.8. The minimum atomic E-state index is -0.412. The average Bonchev–Trinajstić information content (AvgIpc) is 2.33. The van der Waals surface area contributed by atoms with E-state index in [4.69, 9.17) is 11.6 Å². The van der Waals surface area contributed by atoms with Crippen LogP contribution in [0.15, 0.2) is 18.5 Å². The van der Waals surface area contributed by atoms with Crippen molar-refractivity contribution in [3.05, 3.63) is 40.8 Å². The standard InChI is InChI=1S/C13H13ClFN3/c1-7(2)13-17-11(8(3)12(14)18-13)9-4-5-16-6-10(9)15/h4-7H,1-3H3. The summed E-state index contributed by atoms with van der Waals surface area (Å²) in [6.07, 6.45) is 2.70. The first-order chi connectivity index (χ1) is 8.50. The van der Waals surface area contributed by atoms with Gasteiger partial charge in [-0.15, -0.1) is 0 Å². The molecule has 0 saturated carbocycles. The summed E-state index contributed by atoms with van der Waals surface area (Å²) in [6.45, 7) is 5.71. The minimum Gasteiger partial charge on any atom is -0.262 e. The fourth-order valence-electron chi connectivity index (χ4n) is 1.59. The van der Waals surface area contributed by atoms with Crippen molar-refractivity contribution in [2.75, 3.05) is 0 Å². The third-order valence-electron chi connectivity index (χ3n) is 2.65. The molecule has 0 fully saturated rings. The van der Waals surface area contributed by atoms with Crippen molar-refractivity contribution in [2.24, 2.45) is 0 Å². The third kappa shape index (κ3) is 2.34. The van der Waals surface area contributed by atoms with E-state index in [1.165, 1.54) is 12.4 Å². The van der Waals surface area contributed by atoms with Gasteiger partial charge in [0.25, 0.3) is 0 Å². The molecule has 0 unspecified atom stereocenters. The summed E-state index contributed by atoms with van der Waals surface area (Å²) in [5.41, 5.74) is 1.60. The molecular formula is C13H13ClFN3. The van der Waals surface area contributed by atoms with Gasteiger partial charge in [0.15, 0.2) is 5.82 Å². The minimum absolute atomic E-state index is 0.131. The lowest BCUT2D eigenvalue weighted by Crippen LogP contribution is -2.03. The van der Waals surface area contributed by atoms with E-state index in [0.717, 1.165) is 0 Å². The molecule has 0 aliphatic rings. The van der Waals surface area contributed by atoms with E-state index in [1.807, 2.05) is 13.8 Å². The van der Waals surface area contributed by atoms with E-state index in [1.54, 1.807) is 13.0 Å². The van der Waals surface area contributed by atoms with E-state index in [0.29, 0.717) is 27.8 Å². The van der Waals surface area contributed by atoms with Crippen LogP contribution in [0.4, 0.5) is 4.39 Å². The molecule has 2 aromatic heterocycles. The zero-order valence-corrected chi connectivity index (χ0v) is 11.2. The summed E-state index contributed by atoms with van der Waals surface area (Å²) in [5, 5.41) is 0.361. The van der Waals surface area contributed by atoms with Gasteiger partial charge in [0.1, 0.15) is 11.0 Å². The van der Waals surface area contributed by atoms with Crippen LogP contribution in [-0.2, 0) is 0 Å². The lowest BCUT2D eigenvalue weighted by Gasteiger charge is -2.11. The van der Waals surface area contributed by atoms with Crippen LogP contribution in [0.5, 0.6) is 0 Å². The first kappa shape index (κ1) is 12.9. The first-order valence-corrected chi connectivity index (χ1v) is 6.02. The third-order valence-corrected chi connectivity index (χ3v) is 3.02. The molecule has 0 atom stereocenters. The van der Waals surface area contributed by atoms with E-state index in [9.17, 15) is 4.39 Å². The molecule has 0 bridgehead atoms. The highest BCUT2D eigenvalue weighted by atomic mass is 35.5. The molecule has 0 aliphatic heterocycles. The smallest absolute Gasteiger partial charge is 0.150 e. The zero-order chi connectivity index (χ0) is 13.3. The van der Waals surface area contributed by atoms with Crippen LogP contribution in [0.1, 0.15) is 31.2 Å². The fraction of sp³-hybridized carbons (Fsp3) is 0.308. The molecule has 5 heteroatoms. The Labute approximate surface area is 110 Å². The van der Waals surface area contributed by atoms with Crippen LogP contribution < -0.4 is 0 Å². The van der Waals surface area contributed by atoms with Gasteiger partial charge in [-0.3, -0.25) is 4.98 Å². The van der Waals surface area contributed by atoms with Crippen LogP contribution in [0.2, 0.25) is 5.15 Å². The zero-order valence-electron chi connectivity index (χ0n) is 10.4. The molecule has 0 spiro atoms. The lowest BCUT2D eigenvalue weighted by molar-refractivity contribution is 0.623. The summed E-state index contributed by atoms with van der Waals surface area (Å²) in [4.78, 5) is 12.3. The van der Waals surface area contributed by atoms with Gasteiger partial charge in [-0.25, -0.2) is 14.4 Å². The molecule has 0 amide bonds. The SMILES string of the molecule is Cc1c(Cl)nc(C(C)C)nc1-c1ccncc1F. The quantitative estimate of drug-likeness (QED) is 0.776. The van der Waals surface area contributed by atoms with Crippen LogP contribution in [0, 0.1) is 12.7 Å².